The van der Waals surface area contributed by atoms with Crippen molar-refractivity contribution in [3.63, 3.8) is 0 Å². The highest BCUT2D eigenvalue weighted by molar-refractivity contribution is 7.99. The van der Waals surface area contributed by atoms with Gasteiger partial charge in [-0.1, -0.05) is 84.6 Å². The number of carbonyl (C=O) groups is 2. The minimum absolute atomic E-state index is 0.0836. The van der Waals surface area contributed by atoms with Crippen molar-refractivity contribution in [2.45, 2.75) is 56.5 Å². The van der Waals surface area contributed by atoms with E-state index in [1.807, 2.05) is 42.5 Å². The zero-order valence-corrected chi connectivity index (χ0v) is 23.4. The molecule has 1 atom stereocenters. The average molecular weight is 574 g/mol. The zero-order valence-electron chi connectivity index (χ0n) is 21.0. The second-order valence-electron chi connectivity index (χ2n) is 9.54. The third-order valence-electron chi connectivity index (χ3n) is 6.77. The van der Waals surface area contributed by atoms with E-state index in [1.54, 1.807) is 29.2 Å². The molecule has 38 heavy (non-hydrogen) atoms. The Kier molecular flexibility index (Phi) is 10.5. The number of thioether (sulfide) groups is 1. The Morgan fingerprint density at radius 1 is 0.947 bits per heavy atom. The molecule has 4 rings (SSSR count). The first-order valence-corrected chi connectivity index (χ1v) is 14.7. The van der Waals surface area contributed by atoms with E-state index in [0.717, 1.165) is 36.8 Å². The number of rotatable bonds is 11. The van der Waals surface area contributed by atoms with E-state index in [2.05, 4.69) is 5.32 Å². The van der Waals surface area contributed by atoms with Crippen LogP contribution in [-0.4, -0.2) is 34.6 Å². The van der Waals surface area contributed by atoms with E-state index in [1.165, 1.54) is 17.8 Å². The molecule has 1 aliphatic carbocycles. The maximum Gasteiger partial charge on any atom is 0.243 e. The highest BCUT2D eigenvalue weighted by Gasteiger charge is 2.32. The van der Waals surface area contributed by atoms with Crippen molar-refractivity contribution in [2.75, 3.05) is 5.75 Å². The summed E-state index contributed by atoms with van der Waals surface area (Å²) >= 11 is 13.6. The fraction of sp³-hybridized carbons (Fsp3) is 0.333. The van der Waals surface area contributed by atoms with E-state index >= 15 is 0 Å². The second kappa shape index (κ2) is 14.0. The van der Waals surface area contributed by atoms with Crippen LogP contribution < -0.4 is 5.32 Å². The normalized spacial score (nSPS) is 14.3. The predicted molar refractivity (Wildman–Crippen MR) is 154 cm³/mol. The first kappa shape index (κ1) is 28.5. The quantitative estimate of drug-likeness (QED) is 0.267. The molecule has 4 nitrogen and oxygen atoms in total. The van der Waals surface area contributed by atoms with Gasteiger partial charge in [0, 0.05) is 40.4 Å². The fourth-order valence-electron chi connectivity index (χ4n) is 4.70. The maximum atomic E-state index is 14.3. The fourth-order valence-corrected chi connectivity index (χ4v) is 6.08. The van der Waals surface area contributed by atoms with Crippen LogP contribution in [0, 0.1) is 5.82 Å². The summed E-state index contributed by atoms with van der Waals surface area (Å²) in [5.41, 5.74) is 2.21. The Morgan fingerprint density at radius 3 is 2.34 bits per heavy atom. The lowest BCUT2D eigenvalue weighted by atomic mass is 10.0. The van der Waals surface area contributed by atoms with Gasteiger partial charge in [-0.3, -0.25) is 9.59 Å². The molecule has 0 spiro atoms. The molecule has 0 heterocycles. The van der Waals surface area contributed by atoms with Crippen LogP contribution >= 0.6 is 35.0 Å². The van der Waals surface area contributed by atoms with Crippen LogP contribution in [0.15, 0.2) is 72.8 Å². The molecule has 3 aromatic carbocycles. The number of halogens is 3. The van der Waals surface area contributed by atoms with Crippen molar-refractivity contribution < 1.29 is 14.0 Å². The van der Waals surface area contributed by atoms with E-state index < -0.39 is 11.9 Å². The van der Waals surface area contributed by atoms with Crippen molar-refractivity contribution in [3.05, 3.63) is 105 Å². The molecule has 1 N–H and O–H groups in total. The largest absolute Gasteiger partial charge is 0.352 e. The van der Waals surface area contributed by atoms with Gasteiger partial charge >= 0.3 is 0 Å². The van der Waals surface area contributed by atoms with Crippen molar-refractivity contribution in [1.82, 2.24) is 10.2 Å². The summed E-state index contributed by atoms with van der Waals surface area (Å²) in [6.45, 7) is 0.257. The van der Waals surface area contributed by atoms with Gasteiger partial charge in [0.2, 0.25) is 11.8 Å². The Hall–Kier alpha value is -2.54. The Labute approximate surface area is 237 Å². The minimum atomic E-state index is -0.696. The third kappa shape index (κ3) is 7.98. The molecule has 0 aromatic heterocycles. The van der Waals surface area contributed by atoms with Crippen molar-refractivity contribution in [3.8, 4) is 0 Å². The van der Waals surface area contributed by atoms with E-state index in [-0.39, 0.29) is 35.9 Å². The summed E-state index contributed by atoms with van der Waals surface area (Å²) in [4.78, 5) is 29.0. The summed E-state index contributed by atoms with van der Waals surface area (Å²) < 4.78 is 14.3. The minimum Gasteiger partial charge on any atom is -0.352 e. The van der Waals surface area contributed by atoms with Gasteiger partial charge in [0.25, 0.3) is 0 Å². The monoisotopic (exact) mass is 572 g/mol. The van der Waals surface area contributed by atoms with Crippen LogP contribution in [0.3, 0.4) is 0 Å². The lowest BCUT2D eigenvalue weighted by molar-refractivity contribution is -0.139. The number of benzene rings is 3. The first-order valence-electron chi connectivity index (χ1n) is 12.8. The number of hydrogen-bond acceptors (Lipinski definition) is 3. The van der Waals surface area contributed by atoms with Gasteiger partial charge < -0.3 is 10.2 Å². The van der Waals surface area contributed by atoms with E-state index in [9.17, 15) is 14.0 Å². The van der Waals surface area contributed by atoms with E-state index in [0.29, 0.717) is 22.0 Å². The smallest absolute Gasteiger partial charge is 0.243 e. The summed E-state index contributed by atoms with van der Waals surface area (Å²) in [6.07, 6.45) is 4.48. The number of nitrogens with one attached hydrogen (secondary N) is 1. The topological polar surface area (TPSA) is 49.4 Å². The number of hydrogen-bond donors (Lipinski definition) is 1. The van der Waals surface area contributed by atoms with E-state index in [4.69, 9.17) is 23.2 Å². The standard InChI is InChI=1S/C30H31Cl2FN2O2S/c31-23-15-13-22(14-16-23)18-35(29(36)20-38-19-25-26(32)11-6-12-27(25)33)28(17-21-7-2-1-3-8-21)30(37)34-24-9-4-5-10-24/h1-3,6-8,11-16,24,28H,4-5,9-10,17-20H2,(H,34,37). The first-order chi connectivity index (χ1) is 18.4. The average Bonchev–Trinajstić information content (AvgIpc) is 3.42. The highest BCUT2D eigenvalue weighted by atomic mass is 35.5. The molecule has 0 saturated heterocycles. The van der Waals surface area contributed by atoms with Crippen LogP contribution in [0.1, 0.15) is 42.4 Å². The van der Waals surface area contributed by atoms with Crippen LogP contribution in [0.25, 0.3) is 0 Å². The van der Waals surface area contributed by atoms with Gasteiger partial charge in [-0.2, -0.15) is 0 Å². The number of carbonyl (C=O) groups excluding carboxylic acids is 2. The van der Waals surface area contributed by atoms with Crippen molar-refractivity contribution in [2.24, 2.45) is 0 Å². The third-order valence-corrected chi connectivity index (χ3v) is 8.32. The highest BCUT2D eigenvalue weighted by Crippen LogP contribution is 2.25. The Balaban J connectivity index is 1.57. The molecule has 1 aliphatic rings. The summed E-state index contributed by atoms with van der Waals surface area (Å²) in [5, 5.41) is 4.13. The second-order valence-corrected chi connectivity index (χ2v) is 11.4. The lowest BCUT2D eigenvalue weighted by Crippen LogP contribution is -2.52. The van der Waals surface area contributed by atoms with Crippen LogP contribution in [-0.2, 0) is 28.3 Å². The molecule has 200 valence electrons. The molecular weight excluding hydrogens is 542 g/mol. The molecule has 2 amide bonds. The van der Waals surface area contributed by atoms with Gasteiger partial charge in [-0.25, -0.2) is 4.39 Å². The number of nitrogens with zero attached hydrogens (tertiary/aromatic N) is 1. The lowest BCUT2D eigenvalue weighted by Gasteiger charge is -2.32. The van der Waals surface area contributed by atoms with Gasteiger partial charge in [0.05, 0.1) is 5.75 Å². The molecule has 3 aromatic rings. The summed E-state index contributed by atoms with van der Waals surface area (Å²) in [6, 6.07) is 21.0. The summed E-state index contributed by atoms with van der Waals surface area (Å²) in [7, 11) is 0. The molecule has 0 aliphatic heterocycles. The molecule has 1 fully saturated rings. The zero-order chi connectivity index (χ0) is 26.9. The van der Waals surface area contributed by atoms with Crippen molar-refractivity contribution in [1.29, 1.82) is 0 Å². The SMILES string of the molecule is O=C(NC1CCCC1)C(Cc1ccccc1)N(Cc1ccc(Cl)cc1)C(=O)CSCc1c(F)cccc1Cl. The molecule has 0 radical (unpaired) electrons. The predicted octanol–water partition coefficient (Wildman–Crippen LogP) is 7.06. The molecule has 1 saturated carbocycles. The molecule has 0 bridgehead atoms. The van der Waals surface area contributed by atoms with Crippen LogP contribution in [0.5, 0.6) is 0 Å². The van der Waals surface area contributed by atoms with Crippen LogP contribution in [0.4, 0.5) is 4.39 Å². The van der Waals surface area contributed by atoms with Gasteiger partial charge in [-0.15, -0.1) is 11.8 Å². The van der Waals surface area contributed by atoms with Gasteiger partial charge in [-0.05, 0) is 48.2 Å². The van der Waals surface area contributed by atoms with Gasteiger partial charge in [0.1, 0.15) is 11.9 Å². The molecule has 1 unspecified atom stereocenters. The Bertz CT molecular complexity index is 1200. The van der Waals surface area contributed by atoms with Gasteiger partial charge in [0.15, 0.2) is 0 Å². The van der Waals surface area contributed by atoms with Crippen molar-refractivity contribution >= 4 is 46.8 Å². The molecular formula is C30H31Cl2FN2O2S. The molecule has 8 heteroatoms. The Morgan fingerprint density at radius 2 is 1.66 bits per heavy atom. The number of amides is 2. The summed E-state index contributed by atoms with van der Waals surface area (Å²) in [5.74, 6) is -0.400. The maximum absolute atomic E-state index is 14.3. The van der Waals surface area contributed by atoms with Crippen LogP contribution in [0.2, 0.25) is 10.0 Å².